The summed E-state index contributed by atoms with van der Waals surface area (Å²) in [6, 6.07) is 1.77. The van der Waals surface area contributed by atoms with E-state index in [1.54, 1.807) is 0 Å². The van der Waals surface area contributed by atoms with Crippen molar-refractivity contribution in [3.05, 3.63) is 23.4 Å². The second-order valence-corrected chi connectivity index (χ2v) is 4.82. The van der Waals surface area contributed by atoms with Crippen LogP contribution in [0.25, 0.3) is 0 Å². The first-order valence-corrected chi connectivity index (χ1v) is 6.61. The van der Waals surface area contributed by atoms with Gasteiger partial charge in [0, 0.05) is 13.2 Å². The number of hydrogen-bond donors (Lipinski definition) is 2. The molecule has 0 saturated carbocycles. The summed E-state index contributed by atoms with van der Waals surface area (Å²) in [4.78, 5) is 14.7. The van der Waals surface area contributed by atoms with Crippen molar-refractivity contribution in [3.8, 4) is 0 Å². The van der Waals surface area contributed by atoms with Crippen LogP contribution in [-0.4, -0.2) is 30.1 Å². The quantitative estimate of drug-likeness (QED) is 0.893. The number of halogens is 3. The Bertz CT molecular complexity index is 514. The van der Waals surface area contributed by atoms with Crippen LogP contribution in [0.15, 0.2) is 12.1 Å². The number of nitrogens with zero attached hydrogens (tertiary/aromatic N) is 1. The van der Waals surface area contributed by atoms with E-state index in [9.17, 15) is 18.0 Å². The molecule has 1 aromatic heterocycles. The lowest BCUT2D eigenvalue weighted by Crippen LogP contribution is -2.28. The van der Waals surface area contributed by atoms with Crippen molar-refractivity contribution in [2.75, 3.05) is 18.5 Å². The maximum atomic E-state index is 12.7. The first-order chi connectivity index (χ1) is 9.88. The molecule has 0 radical (unpaired) electrons. The Labute approximate surface area is 119 Å². The summed E-state index contributed by atoms with van der Waals surface area (Å²) in [7, 11) is 0. The lowest BCUT2D eigenvalue weighted by Gasteiger charge is -2.23. The molecule has 0 aliphatic carbocycles. The maximum Gasteiger partial charge on any atom is 0.433 e. The van der Waals surface area contributed by atoms with Gasteiger partial charge in [0.2, 0.25) is 0 Å². The van der Waals surface area contributed by atoms with E-state index in [1.165, 1.54) is 0 Å². The Balaban J connectivity index is 2.16. The van der Waals surface area contributed by atoms with Crippen molar-refractivity contribution in [3.63, 3.8) is 0 Å². The molecule has 0 aromatic carbocycles. The predicted octanol–water partition coefficient (Wildman–Crippen LogP) is 2.18. The first kappa shape index (κ1) is 15.6. The molecule has 8 heteroatoms. The molecule has 21 heavy (non-hydrogen) atoms. The predicted molar refractivity (Wildman–Crippen MR) is 69.8 cm³/mol. The summed E-state index contributed by atoms with van der Waals surface area (Å²) < 4.78 is 43.5. The molecule has 1 aromatic rings. The van der Waals surface area contributed by atoms with Gasteiger partial charge in [-0.15, -0.1) is 0 Å². The highest BCUT2D eigenvalue weighted by atomic mass is 19.4. The van der Waals surface area contributed by atoms with Gasteiger partial charge in [-0.05, 0) is 31.4 Å². The zero-order chi connectivity index (χ0) is 15.5. The standard InChI is InChI=1S/C13H16F3N3O2/c14-13(15,16)10-5-4-9(11(17)20)12(19-10)18-7-8-3-1-2-6-21-8/h4-5,8H,1-3,6-7H2,(H2,17,20)(H,18,19). The van der Waals surface area contributed by atoms with Gasteiger partial charge in [-0.1, -0.05) is 0 Å². The van der Waals surface area contributed by atoms with Gasteiger partial charge in [0.05, 0.1) is 11.7 Å². The lowest BCUT2D eigenvalue weighted by atomic mass is 10.1. The van der Waals surface area contributed by atoms with Crippen molar-refractivity contribution in [1.82, 2.24) is 4.98 Å². The van der Waals surface area contributed by atoms with Crippen molar-refractivity contribution < 1.29 is 22.7 Å². The van der Waals surface area contributed by atoms with Crippen LogP contribution in [0.4, 0.5) is 19.0 Å². The van der Waals surface area contributed by atoms with Crippen molar-refractivity contribution in [1.29, 1.82) is 0 Å². The second kappa shape index (κ2) is 6.30. The van der Waals surface area contributed by atoms with E-state index < -0.39 is 17.8 Å². The number of amides is 1. The smallest absolute Gasteiger partial charge is 0.376 e. The third-order valence-corrected chi connectivity index (χ3v) is 3.22. The van der Waals surface area contributed by atoms with Gasteiger partial charge >= 0.3 is 6.18 Å². The normalized spacial score (nSPS) is 19.3. The minimum atomic E-state index is -4.58. The number of nitrogens with two attached hydrogens (primary N) is 1. The Morgan fingerprint density at radius 1 is 1.43 bits per heavy atom. The van der Waals surface area contributed by atoms with Gasteiger partial charge in [-0.2, -0.15) is 13.2 Å². The molecule has 1 atom stereocenters. The SMILES string of the molecule is NC(=O)c1ccc(C(F)(F)F)nc1NCC1CCCCO1. The number of nitrogens with one attached hydrogen (secondary N) is 1. The number of ether oxygens (including phenoxy) is 1. The van der Waals surface area contributed by atoms with E-state index in [2.05, 4.69) is 10.3 Å². The molecule has 2 rings (SSSR count). The van der Waals surface area contributed by atoms with E-state index in [-0.39, 0.29) is 24.0 Å². The number of primary amides is 1. The summed E-state index contributed by atoms with van der Waals surface area (Å²) in [6.45, 7) is 0.916. The number of carbonyl (C=O) groups excluding carboxylic acids is 1. The summed E-state index contributed by atoms with van der Waals surface area (Å²) >= 11 is 0. The third kappa shape index (κ3) is 4.07. The molecule has 1 fully saturated rings. The van der Waals surface area contributed by atoms with Crippen LogP contribution in [-0.2, 0) is 10.9 Å². The molecule has 0 spiro atoms. The molecule has 1 amide bonds. The van der Waals surface area contributed by atoms with E-state index in [1.807, 2.05) is 0 Å². The fourth-order valence-electron chi connectivity index (χ4n) is 2.13. The van der Waals surface area contributed by atoms with Gasteiger partial charge in [-0.3, -0.25) is 4.79 Å². The van der Waals surface area contributed by atoms with Gasteiger partial charge in [0.15, 0.2) is 0 Å². The van der Waals surface area contributed by atoms with E-state index >= 15 is 0 Å². The van der Waals surface area contributed by atoms with E-state index in [0.29, 0.717) is 6.61 Å². The highest BCUT2D eigenvalue weighted by Crippen LogP contribution is 2.29. The van der Waals surface area contributed by atoms with Gasteiger partial charge in [0.1, 0.15) is 11.5 Å². The van der Waals surface area contributed by atoms with Crippen molar-refractivity contribution in [2.24, 2.45) is 5.73 Å². The molecular weight excluding hydrogens is 287 g/mol. The molecule has 1 aliphatic rings. The number of carbonyl (C=O) groups is 1. The summed E-state index contributed by atoms with van der Waals surface area (Å²) in [6.07, 6.45) is -1.88. The highest BCUT2D eigenvalue weighted by Gasteiger charge is 2.33. The van der Waals surface area contributed by atoms with Gasteiger partial charge in [0.25, 0.3) is 5.91 Å². The topological polar surface area (TPSA) is 77.2 Å². The Kier molecular flexibility index (Phi) is 4.66. The number of pyridine rings is 1. The first-order valence-electron chi connectivity index (χ1n) is 6.61. The van der Waals surface area contributed by atoms with Crippen LogP contribution in [0.1, 0.15) is 35.3 Å². The monoisotopic (exact) mass is 303 g/mol. The van der Waals surface area contributed by atoms with Crippen LogP contribution in [0.5, 0.6) is 0 Å². The van der Waals surface area contributed by atoms with Crippen LogP contribution in [0.2, 0.25) is 0 Å². The van der Waals surface area contributed by atoms with Crippen LogP contribution in [0.3, 0.4) is 0 Å². The summed E-state index contributed by atoms with van der Waals surface area (Å²) in [5.41, 5.74) is 4.01. The van der Waals surface area contributed by atoms with Crippen LogP contribution < -0.4 is 11.1 Å². The third-order valence-electron chi connectivity index (χ3n) is 3.22. The minimum absolute atomic E-state index is 0.0705. The zero-order valence-electron chi connectivity index (χ0n) is 11.2. The van der Waals surface area contributed by atoms with E-state index in [0.717, 1.165) is 31.4 Å². The average Bonchev–Trinajstić information content (AvgIpc) is 2.45. The average molecular weight is 303 g/mol. The fourth-order valence-corrected chi connectivity index (χ4v) is 2.13. The lowest BCUT2D eigenvalue weighted by molar-refractivity contribution is -0.141. The molecule has 1 aliphatic heterocycles. The molecule has 0 bridgehead atoms. The molecule has 1 saturated heterocycles. The number of hydrogen-bond acceptors (Lipinski definition) is 4. The molecule has 1 unspecified atom stereocenters. The summed E-state index contributed by atoms with van der Waals surface area (Å²) in [5, 5.41) is 2.74. The second-order valence-electron chi connectivity index (χ2n) is 4.82. The van der Waals surface area contributed by atoms with Crippen molar-refractivity contribution >= 4 is 11.7 Å². The Hall–Kier alpha value is -1.83. The molecule has 2 heterocycles. The van der Waals surface area contributed by atoms with Gasteiger partial charge in [-0.25, -0.2) is 4.98 Å². The molecule has 5 nitrogen and oxygen atoms in total. The number of anilines is 1. The van der Waals surface area contributed by atoms with Crippen molar-refractivity contribution in [2.45, 2.75) is 31.5 Å². The Morgan fingerprint density at radius 3 is 2.76 bits per heavy atom. The zero-order valence-corrected chi connectivity index (χ0v) is 11.2. The largest absolute Gasteiger partial charge is 0.433 e. The van der Waals surface area contributed by atoms with Crippen LogP contribution in [0, 0.1) is 0 Å². The fraction of sp³-hybridized carbons (Fsp3) is 0.538. The molecule has 116 valence electrons. The molecule has 3 N–H and O–H groups in total. The number of aromatic nitrogens is 1. The number of alkyl halides is 3. The summed E-state index contributed by atoms with van der Waals surface area (Å²) in [5.74, 6) is -0.991. The highest BCUT2D eigenvalue weighted by molar-refractivity contribution is 5.97. The minimum Gasteiger partial charge on any atom is -0.376 e. The maximum absolute atomic E-state index is 12.7. The van der Waals surface area contributed by atoms with E-state index in [4.69, 9.17) is 10.5 Å². The molecular formula is C13H16F3N3O2. The van der Waals surface area contributed by atoms with Crippen LogP contribution >= 0.6 is 0 Å². The number of rotatable bonds is 4. The Morgan fingerprint density at radius 2 is 2.19 bits per heavy atom. The van der Waals surface area contributed by atoms with Gasteiger partial charge < -0.3 is 15.8 Å².